The van der Waals surface area contributed by atoms with Gasteiger partial charge in [-0.3, -0.25) is 4.79 Å². The molecule has 0 aliphatic carbocycles. The van der Waals surface area contributed by atoms with Crippen LogP contribution in [0.1, 0.15) is 5.56 Å². The maximum Gasteiger partial charge on any atom is 0.250 e. The minimum absolute atomic E-state index is 0.0625. The van der Waals surface area contributed by atoms with Gasteiger partial charge < -0.3 is 9.88 Å². The van der Waals surface area contributed by atoms with E-state index in [0.29, 0.717) is 6.54 Å². The summed E-state index contributed by atoms with van der Waals surface area (Å²) in [4.78, 5) is 11.2. The fraction of sp³-hybridized carbons (Fsp3) is 0.154. The molecule has 2 rings (SSSR count). The first-order valence-corrected chi connectivity index (χ1v) is 6.20. The van der Waals surface area contributed by atoms with Gasteiger partial charge in [-0.25, -0.2) is 4.39 Å². The molecule has 94 valence electrons. The van der Waals surface area contributed by atoms with Crippen LogP contribution in [0.15, 0.2) is 45.8 Å². The molecule has 0 spiro atoms. The van der Waals surface area contributed by atoms with Crippen LogP contribution in [0.3, 0.4) is 0 Å². The smallest absolute Gasteiger partial charge is 0.250 e. The predicted molar refractivity (Wildman–Crippen MR) is 73.1 cm³/mol. The van der Waals surface area contributed by atoms with E-state index in [1.54, 1.807) is 25.4 Å². The van der Waals surface area contributed by atoms with Crippen LogP contribution in [0.4, 0.5) is 10.1 Å². The summed E-state index contributed by atoms with van der Waals surface area (Å²) in [5, 5.41) is 3.14. The second-order valence-electron chi connectivity index (χ2n) is 3.96. The van der Waals surface area contributed by atoms with Crippen molar-refractivity contribution in [3.8, 4) is 0 Å². The van der Waals surface area contributed by atoms with Gasteiger partial charge in [0, 0.05) is 30.3 Å². The molecule has 0 bridgehead atoms. The number of benzene rings is 1. The molecule has 1 heterocycles. The number of aryl methyl sites for hydroxylation is 1. The van der Waals surface area contributed by atoms with Crippen LogP contribution in [0.5, 0.6) is 0 Å². The Morgan fingerprint density at radius 2 is 2.11 bits per heavy atom. The lowest BCUT2D eigenvalue weighted by Crippen LogP contribution is -2.15. The van der Waals surface area contributed by atoms with Gasteiger partial charge in [-0.15, -0.1) is 0 Å². The lowest BCUT2D eigenvalue weighted by Gasteiger charge is -2.09. The van der Waals surface area contributed by atoms with Crippen molar-refractivity contribution in [2.45, 2.75) is 6.54 Å². The van der Waals surface area contributed by atoms with Crippen LogP contribution >= 0.6 is 15.9 Å². The second kappa shape index (κ2) is 5.35. The molecule has 0 saturated carbocycles. The maximum atomic E-state index is 13.1. The highest BCUT2D eigenvalue weighted by atomic mass is 79.9. The summed E-state index contributed by atoms with van der Waals surface area (Å²) in [6.45, 7) is 0.483. The average molecular weight is 311 g/mol. The molecule has 1 aromatic heterocycles. The quantitative estimate of drug-likeness (QED) is 0.946. The van der Waals surface area contributed by atoms with Gasteiger partial charge in [0.1, 0.15) is 5.82 Å². The molecule has 0 atom stereocenters. The number of nitrogens with one attached hydrogen (secondary N) is 1. The molecule has 0 aliphatic heterocycles. The van der Waals surface area contributed by atoms with E-state index in [1.807, 2.05) is 0 Å². The summed E-state index contributed by atoms with van der Waals surface area (Å²) in [6.07, 6.45) is 1.70. The Balaban J connectivity index is 2.13. The van der Waals surface area contributed by atoms with Gasteiger partial charge in [0.15, 0.2) is 0 Å². The van der Waals surface area contributed by atoms with Gasteiger partial charge in [-0.2, -0.15) is 0 Å². The van der Waals surface area contributed by atoms with E-state index in [9.17, 15) is 9.18 Å². The molecular formula is C13H12BrFN2O. The molecule has 2 aromatic rings. The number of hydrogen-bond donors (Lipinski definition) is 1. The molecule has 0 amide bonds. The normalized spacial score (nSPS) is 10.4. The van der Waals surface area contributed by atoms with Crippen LogP contribution in [0.25, 0.3) is 0 Å². The minimum atomic E-state index is -0.268. The standard InChI is InChI=1S/C13H12BrFN2O/c1-17-8-11(3-5-13(17)18)16-7-9-6-10(15)2-4-12(9)14/h2-6,8,16H,7H2,1H3. The van der Waals surface area contributed by atoms with Gasteiger partial charge in [0.25, 0.3) is 0 Å². The highest BCUT2D eigenvalue weighted by molar-refractivity contribution is 9.10. The highest BCUT2D eigenvalue weighted by Gasteiger charge is 2.02. The van der Waals surface area contributed by atoms with Gasteiger partial charge in [-0.1, -0.05) is 15.9 Å². The third kappa shape index (κ3) is 2.98. The summed E-state index contributed by atoms with van der Waals surface area (Å²) < 4.78 is 15.4. The van der Waals surface area contributed by atoms with E-state index in [2.05, 4.69) is 21.2 Å². The van der Waals surface area contributed by atoms with Crippen molar-refractivity contribution >= 4 is 21.6 Å². The molecule has 0 unspecified atom stereocenters. The average Bonchev–Trinajstić information content (AvgIpc) is 2.34. The zero-order valence-corrected chi connectivity index (χ0v) is 11.4. The van der Waals surface area contributed by atoms with Gasteiger partial charge in [0.05, 0.1) is 5.69 Å². The summed E-state index contributed by atoms with van der Waals surface area (Å²) in [5.74, 6) is -0.268. The summed E-state index contributed by atoms with van der Waals surface area (Å²) in [5.41, 5.74) is 1.57. The van der Waals surface area contributed by atoms with Crippen LogP contribution in [-0.2, 0) is 13.6 Å². The largest absolute Gasteiger partial charge is 0.380 e. The number of anilines is 1. The third-order valence-corrected chi connectivity index (χ3v) is 3.35. The van der Waals surface area contributed by atoms with Crippen molar-refractivity contribution in [3.05, 3.63) is 62.7 Å². The second-order valence-corrected chi connectivity index (χ2v) is 4.81. The monoisotopic (exact) mass is 310 g/mol. The number of pyridine rings is 1. The van der Waals surface area contributed by atoms with E-state index in [4.69, 9.17) is 0 Å². The Morgan fingerprint density at radius 1 is 1.33 bits per heavy atom. The number of nitrogens with zero attached hydrogens (tertiary/aromatic N) is 1. The topological polar surface area (TPSA) is 34.0 Å². The van der Waals surface area contributed by atoms with Gasteiger partial charge in [-0.05, 0) is 29.8 Å². The number of hydrogen-bond acceptors (Lipinski definition) is 2. The first-order valence-electron chi connectivity index (χ1n) is 5.41. The first kappa shape index (κ1) is 12.8. The minimum Gasteiger partial charge on any atom is -0.380 e. The molecule has 1 N–H and O–H groups in total. The molecule has 0 saturated heterocycles. The summed E-state index contributed by atoms with van der Waals surface area (Å²) in [7, 11) is 1.69. The molecule has 5 heteroatoms. The summed E-state index contributed by atoms with van der Waals surface area (Å²) >= 11 is 3.37. The molecule has 18 heavy (non-hydrogen) atoms. The van der Waals surface area contributed by atoms with E-state index < -0.39 is 0 Å². The third-order valence-electron chi connectivity index (χ3n) is 2.58. The number of rotatable bonds is 3. The lowest BCUT2D eigenvalue weighted by atomic mass is 10.2. The van der Waals surface area contributed by atoms with Crippen molar-refractivity contribution < 1.29 is 4.39 Å². The zero-order chi connectivity index (χ0) is 13.1. The molecular weight excluding hydrogens is 299 g/mol. The van der Waals surface area contributed by atoms with Gasteiger partial charge in [0.2, 0.25) is 5.56 Å². The highest BCUT2D eigenvalue weighted by Crippen LogP contribution is 2.19. The Bertz CT molecular complexity index is 625. The van der Waals surface area contributed by atoms with Crippen molar-refractivity contribution in [2.75, 3.05) is 5.32 Å². The van der Waals surface area contributed by atoms with E-state index in [-0.39, 0.29) is 11.4 Å². The van der Waals surface area contributed by atoms with E-state index in [0.717, 1.165) is 15.7 Å². The predicted octanol–water partition coefficient (Wildman–Crippen LogP) is 2.90. The SMILES string of the molecule is Cn1cc(NCc2cc(F)ccc2Br)ccc1=O. The first-order chi connectivity index (χ1) is 8.56. The van der Waals surface area contributed by atoms with Crippen LogP contribution < -0.4 is 10.9 Å². The maximum absolute atomic E-state index is 13.1. The lowest BCUT2D eigenvalue weighted by molar-refractivity contribution is 0.625. The van der Waals surface area contributed by atoms with E-state index >= 15 is 0 Å². The molecule has 1 aromatic carbocycles. The van der Waals surface area contributed by atoms with E-state index in [1.165, 1.54) is 22.8 Å². The van der Waals surface area contributed by atoms with Gasteiger partial charge >= 0.3 is 0 Å². The van der Waals surface area contributed by atoms with Crippen LogP contribution in [0, 0.1) is 5.82 Å². The molecule has 0 fully saturated rings. The fourth-order valence-electron chi connectivity index (χ4n) is 1.57. The zero-order valence-electron chi connectivity index (χ0n) is 9.78. The van der Waals surface area contributed by atoms with Crippen LogP contribution in [0.2, 0.25) is 0 Å². The number of halogens is 2. The Kier molecular flexibility index (Phi) is 3.81. The fourth-order valence-corrected chi connectivity index (χ4v) is 1.96. The van der Waals surface area contributed by atoms with Crippen molar-refractivity contribution in [1.29, 1.82) is 0 Å². The van der Waals surface area contributed by atoms with Crippen molar-refractivity contribution in [1.82, 2.24) is 4.57 Å². The molecule has 0 radical (unpaired) electrons. The Labute approximate surface area is 112 Å². The molecule has 0 aliphatic rings. The van der Waals surface area contributed by atoms with Crippen molar-refractivity contribution in [3.63, 3.8) is 0 Å². The van der Waals surface area contributed by atoms with Crippen molar-refractivity contribution in [2.24, 2.45) is 7.05 Å². The number of aromatic nitrogens is 1. The molecule has 3 nitrogen and oxygen atoms in total. The Hall–Kier alpha value is -1.62. The summed E-state index contributed by atoms with van der Waals surface area (Å²) in [6, 6.07) is 7.74. The van der Waals surface area contributed by atoms with Crippen LogP contribution in [-0.4, -0.2) is 4.57 Å². The Morgan fingerprint density at radius 3 is 2.83 bits per heavy atom.